The van der Waals surface area contributed by atoms with Gasteiger partial charge < -0.3 is 18.4 Å². The normalized spacial score (nSPS) is 11.7. The maximum Gasteiger partial charge on any atom is 0.362 e. The number of aryl methyl sites for hydroxylation is 2. The zero-order chi connectivity index (χ0) is 33.3. The molecule has 0 saturated carbocycles. The first kappa shape index (κ1) is 29.2. The van der Waals surface area contributed by atoms with Gasteiger partial charge in [-0.2, -0.15) is 0 Å². The largest absolute Gasteiger partial charge is 0.402 e. The SMILES string of the molecule is Cc1cc2c(cc1F)[nH]c1c(=O)oc3ncccc3c12.Cc1cc2c3c4cccnc4oc(=O)c3n(Cc3ccccc3F)c2cc1F. The van der Waals surface area contributed by atoms with Crippen LogP contribution in [0.25, 0.3) is 65.8 Å². The summed E-state index contributed by atoms with van der Waals surface area (Å²) in [5.74, 6) is -1.09. The Morgan fingerprint density at radius 3 is 2.02 bits per heavy atom. The molecule has 6 heterocycles. The zero-order valence-electron chi connectivity index (χ0n) is 25.4. The summed E-state index contributed by atoms with van der Waals surface area (Å²) in [7, 11) is 0. The van der Waals surface area contributed by atoms with E-state index in [1.54, 1.807) is 79.3 Å². The van der Waals surface area contributed by atoms with Crippen LogP contribution in [0.1, 0.15) is 16.7 Å². The summed E-state index contributed by atoms with van der Waals surface area (Å²) in [6.07, 6.45) is 3.11. The Morgan fingerprint density at radius 2 is 1.31 bits per heavy atom. The second kappa shape index (κ2) is 10.9. The van der Waals surface area contributed by atoms with Gasteiger partial charge in [0.1, 0.15) is 28.5 Å². The molecule has 0 fully saturated rings. The predicted octanol–water partition coefficient (Wildman–Crippen LogP) is 8.20. The number of aromatic nitrogens is 4. The molecule has 236 valence electrons. The van der Waals surface area contributed by atoms with Crippen molar-refractivity contribution in [2.75, 3.05) is 0 Å². The molecule has 0 amide bonds. The maximum atomic E-state index is 14.4. The van der Waals surface area contributed by atoms with Gasteiger partial charge in [-0.25, -0.2) is 32.7 Å². The molecular formula is C37H23F3N4O4. The van der Waals surface area contributed by atoms with Crippen LogP contribution in [0.4, 0.5) is 13.2 Å². The number of aromatic amines is 1. The number of nitrogens with one attached hydrogen (secondary N) is 1. The summed E-state index contributed by atoms with van der Waals surface area (Å²) >= 11 is 0. The molecule has 0 spiro atoms. The molecule has 0 atom stereocenters. The summed E-state index contributed by atoms with van der Waals surface area (Å²) in [4.78, 5) is 35.9. The van der Waals surface area contributed by atoms with E-state index in [0.717, 1.165) is 16.2 Å². The second-order valence-corrected chi connectivity index (χ2v) is 11.5. The molecule has 6 aromatic heterocycles. The molecule has 0 radical (unpaired) electrons. The highest BCUT2D eigenvalue weighted by molar-refractivity contribution is 6.19. The Kier molecular flexibility index (Phi) is 6.65. The molecule has 0 aliphatic carbocycles. The smallest absolute Gasteiger partial charge is 0.362 e. The van der Waals surface area contributed by atoms with E-state index in [4.69, 9.17) is 8.83 Å². The van der Waals surface area contributed by atoms with Crippen molar-refractivity contribution < 1.29 is 22.0 Å². The third-order valence-electron chi connectivity index (χ3n) is 8.57. The number of hydrogen-bond donors (Lipinski definition) is 1. The van der Waals surface area contributed by atoms with Crippen LogP contribution in [0.2, 0.25) is 0 Å². The highest BCUT2D eigenvalue weighted by Gasteiger charge is 2.21. The fourth-order valence-electron chi connectivity index (χ4n) is 6.28. The van der Waals surface area contributed by atoms with Crippen LogP contribution in [-0.2, 0) is 6.54 Å². The van der Waals surface area contributed by atoms with Crippen LogP contribution >= 0.6 is 0 Å². The Balaban J connectivity index is 0.000000148. The van der Waals surface area contributed by atoms with Crippen molar-refractivity contribution in [1.29, 1.82) is 0 Å². The quantitative estimate of drug-likeness (QED) is 0.203. The lowest BCUT2D eigenvalue weighted by molar-refractivity contribution is 0.552. The van der Waals surface area contributed by atoms with Gasteiger partial charge in [-0.05, 0) is 79.6 Å². The standard InChI is InChI=1S/C22H14F2N2O2.C15H9FN2O2/c1-12-9-15-18(10-17(12)24)26(11-13-5-2-3-7-16(13)23)20-19(15)14-6-4-8-25-21(14)28-22(20)27;1-7-5-9-11(6-10(7)16)18-13-12(9)8-3-2-4-17-14(8)20-15(13)19/h2-10H,11H2,1H3;2-6,18H,1H3. The van der Waals surface area contributed by atoms with E-state index in [0.29, 0.717) is 49.4 Å². The number of hydrogen-bond acceptors (Lipinski definition) is 6. The van der Waals surface area contributed by atoms with Crippen molar-refractivity contribution in [3.63, 3.8) is 0 Å². The van der Waals surface area contributed by atoms with Crippen molar-refractivity contribution in [2.45, 2.75) is 20.4 Å². The number of rotatable bonds is 2. The minimum atomic E-state index is -0.591. The van der Waals surface area contributed by atoms with Crippen LogP contribution in [0, 0.1) is 31.3 Å². The summed E-state index contributed by atoms with van der Waals surface area (Å²) in [5, 5.41) is 4.25. The molecule has 48 heavy (non-hydrogen) atoms. The highest BCUT2D eigenvalue weighted by atomic mass is 19.1. The van der Waals surface area contributed by atoms with Crippen LogP contribution in [0.3, 0.4) is 0 Å². The number of fused-ring (bicyclic) bond motifs is 10. The first-order chi connectivity index (χ1) is 23.2. The van der Waals surface area contributed by atoms with Gasteiger partial charge in [0.2, 0.25) is 11.4 Å². The number of halogens is 3. The predicted molar refractivity (Wildman–Crippen MR) is 178 cm³/mol. The average molecular weight is 645 g/mol. The van der Waals surface area contributed by atoms with E-state index in [1.807, 2.05) is 6.07 Å². The lowest BCUT2D eigenvalue weighted by atomic mass is 10.1. The highest BCUT2D eigenvalue weighted by Crippen LogP contribution is 2.35. The third-order valence-corrected chi connectivity index (χ3v) is 8.57. The molecule has 9 rings (SSSR count). The monoisotopic (exact) mass is 644 g/mol. The lowest BCUT2D eigenvalue weighted by Gasteiger charge is -2.08. The molecule has 0 bridgehead atoms. The van der Waals surface area contributed by atoms with Gasteiger partial charge in [-0.15, -0.1) is 0 Å². The summed E-state index contributed by atoms with van der Waals surface area (Å²) in [5.41, 5.74) is 2.48. The van der Waals surface area contributed by atoms with Gasteiger partial charge in [0.25, 0.3) is 0 Å². The summed E-state index contributed by atoms with van der Waals surface area (Å²) in [6.45, 7) is 3.44. The molecule has 11 heteroatoms. The van der Waals surface area contributed by atoms with Crippen molar-refractivity contribution in [3.05, 3.63) is 140 Å². The molecule has 1 N–H and O–H groups in total. The minimum Gasteiger partial charge on any atom is -0.402 e. The molecule has 0 unspecified atom stereocenters. The van der Waals surface area contributed by atoms with Crippen molar-refractivity contribution in [3.8, 4) is 0 Å². The Bertz CT molecular complexity index is 2890. The molecule has 0 aliphatic heterocycles. The molecule has 3 aromatic carbocycles. The Labute approximate surface area is 267 Å². The summed E-state index contributed by atoms with van der Waals surface area (Å²) in [6, 6.07) is 19.7. The van der Waals surface area contributed by atoms with E-state index in [2.05, 4.69) is 15.0 Å². The van der Waals surface area contributed by atoms with Crippen molar-refractivity contribution in [1.82, 2.24) is 19.5 Å². The van der Waals surface area contributed by atoms with Crippen LogP contribution in [-0.4, -0.2) is 19.5 Å². The fraction of sp³-hybridized carbons (Fsp3) is 0.0811. The zero-order valence-corrected chi connectivity index (χ0v) is 25.4. The maximum absolute atomic E-state index is 14.4. The summed E-state index contributed by atoms with van der Waals surface area (Å²) < 4.78 is 54.5. The fourth-order valence-corrected chi connectivity index (χ4v) is 6.28. The van der Waals surface area contributed by atoms with Gasteiger partial charge in [-0.3, -0.25) is 0 Å². The molecular weight excluding hydrogens is 621 g/mol. The van der Waals surface area contributed by atoms with Crippen LogP contribution in [0.5, 0.6) is 0 Å². The van der Waals surface area contributed by atoms with Gasteiger partial charge >= 0.3 is 11.3 Å². The first-order valence-corrected chi connectivity index (χ1v) is 14.9. The molecule has 9 aromatic rings. The van der Waals surface area contributed by atoms with Crippen molar-refractivity contribution in [2.24, 2.45) is 0 Å². The van der Waals surface area contributed by atoms with E-state index in [1.165, 1.54) is 18.2 Å². The number of nitrogens with zero attached hydrogens (tertiary/aromatic N) is 3. The third kappa shape index (κ3) is 4.54. The van der Waals surface area contributed by atoms with Crippen molar-refractivity contribution >= 4 is 65.8 Å². The topological polar surface area (TPSA) is 107 Å². The Hall–Kier alpha value is -6.23. The first-order valence-electron chi connectivity index (χ1n) is 14.9. The molecule has 8 nitrogen and oxygen atoms in total. The van der Waals surface area contributed by atoms with Crippen LogP contribution < -0.4 is 11.3 Å². The van der Waals surface area contributed by atoms with E-state index >= 15 is 0 Å². The van der Waals surface area contributed by atoms with E-state index in [-0.39, 0.29) is 29.3 Å². The van der Waals surface area contributed by atoms with Gasteiger partial charge in [0.15, 0.2) is 0 Å². The Morgan fingerprint density at radius 1 is 0.688 bits per heavy atom. The lowest BCUT2D eigenvalue weighted by Crippen LogP contribution is -2.09. The van der Waals surface area contributed by atoms with Gasteiger partial charge in [-0.1, -0.05) is 18.2 Å². The number of H-pyrrole nitrogens is 1. The average Bonchev–Trinajstić information content (AvgIpc) is 3.59. The van der Waals surface area contributed by atoms with Crippen LogP contribution in [0.15, 0.2) is 104 Å². The second-order valence-electron chi connectivity index (χ2n) is 11.5. The number of pyridine rings is 2. The number of benzene rings is 3. The van der Waals surface area contributed by atoms with Gasteiger partial charge in [0, 0.05) is 55.8 Å². The molecule has 0 aliphatic rings. The molecule has 0 saturated heterocycles. The van der Waals surface area contributed by atoms with E-state index in [9.17, 15) is 22.8 Å². The van der Waals surface area contributed by atoms with E-state index < -0.39 is 22.9 Å². The minimum absolute atomic E-state index is 0.0751. The van der Waals surface area contributed by atoms with Gasteiger partial charge in [0.05, 0.1) is 12.1 Å².